The molecule has 6 rings (SSSR count). The normalized spacial score (nSPS) is 15.4. The Morgan fingerprint density at radius 2 is 1.86 bits per heavy atom. The van der Waals surface area contributed by atoms with Crippen LogP contribution in [-0.4, -0.2) is 50.1 Å². The lowest BCUT2D eigenvalue weighted by molar-refractivity contribution is 0.144. The lowest BCUT2D eigenvalue weighted by atomic mass is 10.0. The van der Waals surface area contributed by atoms with Crippen molar-refractivity contribution in [2.24, 2.45) is 0 Å². The molecule has 2 aliphatic rings. The van der Waals surface area contributed by atoms with Gasteiger partial charge >= 0.3 is 6.09 Å². The molecular formula is C27H26N6O2. The number of anilines is 1. The first-order chi connectivity index (χ1) is 17.2. The predicted octanol–water partition coefficient (Wildman–Crippen LogP) is 4.85. The molecule has 176 valence electrons. The molecule has 0 unspecified atom stereocenters. The summed E-state index contributed by atoms with van der Waals surface area (Å²) in [4.78, 5) is 34.1. The molecule has 1 saturated carbocycles. The second kappa shape index (κ2) is 9.29. The van der Waals surface area contributed by atoms with E-state index in [2.05, 4.69) is 55.2 Å². The fraction of sp³-hybridized carbons (Fsp3) is 0.296. The van der Waals surface area contributed by atoms with Crippen LogP contribution in [-0.2, 0) is 6.54 Å². The van der Waals surface area contributed by atoms with Crippen LogP contribution in [0.1, 0.15) is 31.2 Å². The van der Waals surface area contributed by atoms with Gasteiger partial charge in [-0.1, -0.05) is 24.3 Å². The third kappa shape index (κ3) is 4.64. The third-order valence-electron chi connectivity index (χ3n) is 6.59. The Labute approximate surface area is 203 Å². The fourth-order valence-electron chi connectivity index (χ4n) is 4.66. The molecule has 3 heterocycles. The number of carbonyl (C=O) groups is 1. The molecule has 1 saturated heterocycles. The van der Waals surface area contributed by atoms with Crippen LogP contribution in [0.15, 0.2) is 67.4 Å². The summed E-state index contributed by atoms with van der Waals surface area (Å²) in [7, 11) is 0. The van der Waals surface area contributed by atoms with Gasteiger partial charge in [0.25, 0.3) is 0 Å². The van der Waals surface area contributed by atoms with E-state index < -0.39 is 6.09 Å². The van der Waals surface area contributed by atoms with Crippen molar-refractivity contribution in [2.45, 2.75) is 38.3 Å². The lowest BCUT2D eigenvalue weighted by Gasteiger charge is -2.22. The molecule has 35 heavy (non-hydrogen) atoms. The maximum atomic E-state index is 12.9. The van der Waals surface area contributed by atoms with E-state index in [4.69, 9.17) is 4.74 Å². The van der Waals surface area contributed by atoms with Gasteiger partial charge in [0.05, 0.1) is 11.7 Å². The van der Waals surface area contributed by atoms with Gasteiger partial charge < -0.3 is 14.5 Å². The Morgan fingerprint density at radius 1 is 1.00 bits per heavy atom. The van der Waals surface area contributed by atoms with Crippen molar-refractivity contribution < 1.29 is 9.53 Å². The van der Waals surface area contributed by atoms with Gasteiger partial charge in [0.15, 0.2) is 0 Å². The highest BCUT2D eigenvalue weighted by molar-refractivity contribution is 5.93. The molecule has 0 bridgehead atoms. The van der Waals surface area contributed by atoms with E-state index in [1.165, 1.54) is 25.2 Å². The molecule has 2 fully saturated rings. The topological polar surface area (TPSA) is 84.3 Å². The fourth-order valence-corrected chi connectivity index (χ4v) is 4.66. The zero-order valence-corrected chi connectivity index (χ0v) is 19.4. The van der Waals surface area contributed by atoms with Crippen LogP contribution in [0.25, 0.3) is 22.0 Å². The van der Waals surface area contributed by atoms with E-state index in [0.717, 1.165) is 59.3 Å². The van der Waals surface area contributed by atoms with Gasteiger partial charge in [-0.05, 0) is 60.6 Å². The van der Waals surface area contributed by atoms with Crippen molar-refractivity contribution >= 4 is 22.8 Å². The number of rotatable bonds is 6. The molecule has 0 atom stereocenters. The van der Waals surface area contributed by atoms with E-state index in [1.807, 2.05) is 12.1 Å². The summed E-state index contributed by atoms with van der Waals surface area (Å²) >= 11 is 0. The zero-order valence-electron chi connectivity index (χ0n) is 19.4. The Balaban J connectivity index is 1.26. The number of benzene rings is 2. The van der Waals surface area contributed by atoms with Crippen LogP contribution in [0, 0.1) is 0 Å². The minimum absolute atomic E-state index is 0.198. The molecule has 1 aliphatic heterocycles. The first kappa shape index (κ1) is 21.5. The molecule has 0 spiro atoms. The first-order valence-corrected chi connectivity index (χ1v) is 12.1. The van der Waals surface area contributed by atoms with Crippen LogP contribution < -0.4 is 9.64 Å². The van der Waals surface area contributed by atoms with Crippen LogP contribution >= 0.6 is 0 Å². The molecular weight excluding hydrogens is 440 g/mol. The highest BCUT2D eigenvalue weighted by atomic mass is 16.6. The molecule has 1 aliphatic carbocycles. The second-order valence-corrected chi connectivity index (χ2v) is 9.09. The quantitative estimate of drug-likeness (QED) is 0.402. The largest absolute Gasteiger partial charge is 0.417 e. The number of carbonyl (C=O) groups excluding carboxylic acids is 1. The summed E-state index contributed by atoms with van der Waals surface area (Å²) in [5.74, 6) is 1.22. The second-order valence-electron chi connectivity index (χ2n) is 9.09. The molecule has 2 aromatic carbocycles. The van der Waals surface area contributed by atoms with E-state index in [9.17, 15) is 4.79 Å². The number of hydrogen-bond donors (Lipinski definition) is 0. The van der Waals surface area contributed by atoms with Gasteiger partial charge in [-0.15, -0.1) is 0 Å². The highest BCUT2D eigenvalue weighted by Gasteiger charge is 2.34. The summed E-state index contributed by atoms with van der Waals surface area (Å²) in [6, 6.07) is 14.9. The Hall–Kier alpha value is -4.07. The Kier molecular flexibility index (Phi) is 5.70. The van der Waals surface area contributed by atoms with Crippen molar-refractivity contribution in [3.05, 3.63) is 72.9 Å². The Bertz CT molecular complexity index is 1350. The molecule has 8 nitrogen and oxygen atoms in total. The van der Waals surface area contributed by atoms with Crippen molar-refractivity contribution in [3.63, 3.8) is 0 Å². The van der Waals surface area contributed by atoms with E-state index >= 15 is 0 Å². The van der Waals surface area contributed by atoms with Crippen molar-refractivity contribution in [2.75, 3.05) is 18.0 Å². The summed E-state index contributed by atoms with van der Waals surface area (Å²) in [6.07, 6.45) is 10.1. The molecule has 4 aromatic rings. The maximum absolute atomic E-state index is 12.9. The molecule has 0 radical (unpaired) electrons. The van der Waals surface area contributed by atoms with Crippen molar-refractivity contribution in [1.82, 2.24) is 24.8 Å². The standard InChI is InChI=1S/C27H26N6O2/c34-27(35-25-16-28-10-11-29-25)33(22-7-8-22)17-19-4-3-5-20(14-19)21-6-9-24-23(15-21)26(31-18-30-24)32-12-1-2-13-32/h3-6,9-11,14-16,18,22H,1-2,7-8,12-13,17H2. The number of hydrogen-bond acceptors (Lipinski definition) is 7. The van der Waals surface area contributed by atoms with E-state index in [1.54, 1.807) is 17.4 Å². The average molecular weight is 467 g/mol. The van der Waals surface area contributed by atoms with Crippen LogP contribution in [0.4, 0.5) is 10.6 Å². The lowest BCUT2D eigenvalue weighted by Crippen LogP contribution is -2.35. The maximum Gasteiger partial charge on any atom is 0.417 e. The Morgan fingerprint density at radius 3 is 2.66 bits per heavy atom. The zero-order chi connectivity index (χ0) is 23.6. The summed E-state index contributed by atoms with van der Waals surface area (Å²) < 4.78 is 5.47. The van der Waals surface area contributed by atoms with Crippen molar-refractivity contribution in [1.29, 1.82) is 0 Å². The summed E-state index contributed by atoms with van der Waals surface area (Å²) in [5, 5.41) is 1.07. The minimum Gasteiger partial charge on any atom is -0.389 e. The first-order valence-electron chi connectivity index (χ1n) is 12.1. The highest BCUT2D eigenvalue weighted by Crippen LogP contribution is 2.32. The van der Waals surface area contributed by atoms with Gasteiger partial charge in [0.2, 0.25) is 5.88 Å². The van der Waals surface area contributed by atoms with Gasteiger partial charge in [0.1, 0.15) is 12.1 Å². The monoisotopic (exact) mass is 466 g/mol. The van der Waals surface area contributed by atoms with E-state index in [-0.39, 0.29) is 11.9 Å². The molecule has 1 amide bonds. The van der Waals surface area contributed by atoms with Crippen LogP contribution in [0.3, 0.4) is 0 Å². The molecule has 2 aromatic heterocycles. The third-order valence-corrected chi connectivity index (χ3v) is 6.59. The SMILES string of the molecule is O=C(Oc1cnccn1)N(Cc1cccc(-c2ccc3ncnc(N4CCCC4)c3c2)c1)C1CC1. The van der Waals surface area contributed by atoms with Gasteiger partial charge in [-0.25, -0.2) is 19.7 Å². The summed E-state index contributed by atoms with van der Waals surface area (Å²) in [5.41, 5.74) is 4.21. The number of aromatic nitrogens is 4. The number of nitrogens with zero attached hydrogens (tertiary/aromatic N) is 6. The van der Waals surface area contributed by atoms with Crippen molar-refractivity contribution in [3.8, 4) is 17.0 Å². The number of amides is 1. The van der Waals surface area contributed by atoms with Crippen LogP contribution in [0.2, 0.25) is 0 Å². The summed E-state index contributed by atoms with van der Waals surface area (Å²) in [6.45, 7) is 2.55. The van der Waals surface area contributed by atoms with Crippen LogP contribution in [0.5, 0.6) is 5.88 Å². The average Bonchev–Trinajstić information content (AvgIpc) is 3.60. The number of ether oxygens (including phenoxy) is 1. The van der Waals surface area contributed by atoms with Gasteiger partial charge in [0, 0.05) is 43.5 Å². The smallest absolute Gasteiger partial charge is 0.389 e. The van der Waals surface area contributed by atoms with E-state index in [0.29, 0.717) is 6.54 Å². The predicted molar refractivity (Wildman–Crippen MR) is 133 cm³/mol. The van der Waals surface area contributed by atoms with Gasteiger partial charge in [-0.2, -0.15) is 0 Å². The minimum atomic E-state index is -0.392. The molecule has 0 N–H and O–H groups in total. The van der Waals surface area contributed by atoms with Gasteiger partial charge in [-0.3, -0.25) is 4.98 Å². The number of fused-ring (bicyclic) bond motifs is 1. The molecule has 8 heteroatoms.